The third-order valence-corrected chi connectivity index (χ3v) is 5.51. The Morgan fingerprint density at radius 3 is 2.10 bits per heavy atom. The molecule has 0 heterocycles. The fourth-order valence-corrected chi connectivity index (χ4v) is 3.62. The fourth-order valence-electron chi connectivity index (χ4n) is 3.34. The second-order valence-corrected chi connectivity index (χ2v) is 7.43. The molecule has 0 spiro atoms. The molecule has 2 aromatic rings. The molecule has 30 heavy (non-hydrogen) atoms. The quantitative estimate of drug-likeness (QED) is 0.529. The van der Waals surface area contributed by atoms with E-state index in [4.69, 9.17) is 16.3 Å². The second-order valence-electron chi connectivity index (χ2n) is 7.06. The normalized spacial score (nSPS) is 16.1. The van der Waals surface area contributed by atoms with Crippen molar-refractivity contribution in [3.63, 3.8) is 0 Å². The van der Waals surface area contributed by atoms with Gasteiger partial charge in [0.15, 0.2) is 6.61 Å². The van der Waals surface area contributed by atoms with E-state index in [0.29, 0.717) is 6.42 Å². The maximum absolute atomic E-state index is 12.8. The zero-order valence-electron chi connectivity index (χ0n) is 15.2. The minimum absolute atomic E-state index is 0.0904. The number of alkyl halides is 6. The highest BCUT2D eigenvalue weighted by atomic mass is 35.5. The third kappa shape index (κ3) is 4.35. The van der Waals surface area contributed by atoms with Crippen LogP contribution < -0.4 is 4.74 Å². The van der Waals surface area contributed by atoms with Gasteiger partial charge in [0.05, 0.1) is 16.0 Å². The molecule has 10 heteroatoms. The molecule has 1 fully saturated rings. The fraction of sp³-hybridized carbons (Fsp3) is 0.350. The molecule has 0 unspecified atom stereocenters. The summed E-state index contributed by atoms with van der Waals surface area (Å²) in [7, 11) is 0. The molecule has 0 radical (unpaired) electrons. The molecule has 1 aliphatic carbocycles. The minimum Gasteiger partial charge on any atom is -0.483 e. The van der Waals surface area contributed by atoms with Gasteiger partial charge in [-0.3, -0.25) is 4.79 Å². The molecule has 3 nitrogen and oxygen atoms in total. The summed E-state index contributed by atoms with van der Waals surface area (Å²) in [5.74, 6) is -1.52. The summed E-state index contributed by atoms with van der Waals surface area (Å²) in [6.45, 7) is -1.65. The van der Waals surface area contributed by atoms with Gasteiger partial charge in [-0.25, -0.2) is 0 Å². The molecular formula is C20H15ClF6O3. The first-order valence-corrected chi connectivity index (χ1v) is 9.16. The summed E-state index contributed by atoms with van der Waals surface area (Å²) < 4.78 is 81.1. The van der Waals surface area contributed by atoms with Crippen LogP contribution in [0.25, 0.3) is 11.1 Å². The molecule has 0 saturated heterocycles. The van der Waals surface area contributed by atoms with E-state index in [1.165, 1.54) is 6.07 Å². The number of carbonyl (C=O) groups is 1. The van der Waals surface area contributed by atoms with Crippen LogP contribution in [0.15, 0.2) is 36.4 Å². The number of hydrogen-bond acceptors (Lipinski definition) is 2. The summed E-state index contributed by atoms with van der Waals surface area (Å²) in [5.41, 5.74) is -1.74. The van der Waals surface area contributed by atoms with Crippen LogP contribution in [0.1, 0.15) is 30.4 Å². The first-order valence-electron chi connectivity index (χ1n) is 8.78. The molecule has 0 aromatic heterocycles. The van der Waals surface area contributed by atoms with Gasteiger partial charge in [-0.2, -0.15) is 26.3 Å². The van der Waals surface area contributed by atoms with Gasteiger partial charge in [0.2, 0.25) is 0 Å². The summed E-state index contributed by atoms with van der Waals surface area (Å²) in [6, 6.07) is 6.41. The van der Waals surface area contributed by atoms with Gasteiger partial charge in [-0.05, 0) is 48.2 Å². The van der Waals surface area contributed by atoms with Gasteiger partial charge in [0.1, 0.15) is 5.75 Å². The van der Waals surface area contributed by atoms with Crippen LogP contribution in [0.3, 0.4) is 0 Å². The number of carboxylic acids is 1. The van der Waals surface area contributed by atoms with Crippen molar-refractivity contribution < 1.29 is 41.0 Å². The Labute approximate surface area is 172 Å². The van der Waals surface area contributed by atoms with Crippen LogP contribution >= 0.6 is 11.6 Å². The average molecular weight is 453 g/mol. The lowest BCUT2D eigenvalue weighted by atomic mass is 9.64. The average Bonchev–Trinajstić information content (AvgIpc) is 2.59. The van der Waals surface area contributed by atoms with Crippen LogP contribution in [0.4, 0.5) is 26.3 Å². The van der Waals surface area contributed by atoms with E-state index in [9.17, 15) is 36.2 Å². The van der Waals surface area contributed by atoms with Crippen molar-refractivity contribution in [3.05, 3.63) is 52.5 Å². The van der Waals surface area contributed by atoms with Gasteiger partial charge in [-0.1, -0.05) is 30.2 Å². The Morgan fingerprint density at radius 2 is 1.67 bits per heavy atom. The predicted octanol–water partition coefficient (Wildman–Crippen LogP) is 6.47. The van der Waals surface area contributed by atoms with Gasteiger partial charge in [0.25, 0.3) is 0 Å². The van der Waals surface area contributed by atoms with Crippen LogP contribution in [-0.4, -0.2) is 23.9 Å². The lowest BCUT2D eigenvalue weighted by Crippen LogP contribution is -2.42. The lowest BCUT2D eigenvalue weighted by molar-refractivity contribution is -0.153. The highest BCUT2D eigenvalue weighted by Crippen LogP contribution is 2.48. The topological polar surface area (TPSA) is 46.5 Å². The van der Waals surface area contributed by atoms with Crippen molar-refractivity contribution in [1.82, 2.24) is 0 Å². The van der Waals surface area contributed by atoms with E-state index in [1.807, 2.05) is 0 Å². The molecule has 3 rings (SSSR count). The molecule has 162 valence electrons. The molecule has 0 bridgehead atoms. The maximum Gasteiger partial charge on any atom is 0.422 e. The Morgan fingerprint density at radius 1 is 1.07 bits per heavy atom. The van der Waals surface area contributed by atoms with Crippen molar-refractivity contribution >= 4 is 17.6 Å². The number of aliphatic carboxylic acids is 1. The molecule has 1 aliphatic rings. The highest BCUT2D eigenvalue weighted by Gasteiger charge is 2.46. The summed E-state index contributed by atoms with van der Waals surface area (Å²) in [4.78, 5) is 11.8. The van der Waals surface area contributed by atoms with Crippen molar-refractivity contribution in [2.75, 3.05) is 6.61 Å². The molecular weight excluding hydrogens is 438 g/mol. The van der Waals surface area contributed by atoms with E-state index < -0.39 is 35.9 Å². The van der Waals surface area contributed by atoms with Gasteiger partial charge in [0, 0.05) is 5.56 Å². The second kappa shape index (κ2) is 7.68. The van der Waals surface area contributed by atoms with E-state index in [2.05, 4.69) is 0 Å². The van der Waals surface area contributed by atoms with E-state index in [-0.39, 0.29) is 40.3 Å². The van der Waals surface area contributed by atoms with Crippen LogP contribution in [0, 0.1) is 0 Å². The van der Waals surface area contributed by atoms with Crippen molar-refractivity contribution in [2.45, 2.75) is 37.0 Å². The Hall–Kier alpha value is -2.42. The number of rotatable bonds is 5. The zero-order chi connectivity index (χ0) is 22.3. The predicted molar refractivity (Wildman–Crippen MR) is 96.6 cm³/mol. The van der Waals surface area contributed by atoms with E-state index in [1.54, 1.807) is 0 Å². The highest BCUT2D eigenvalue weighted by molar-refractivity contribution is 6.34. The van der Waals surface area contributed by atoms with Gasteiger partial charge < -0.3 is 9.84 Å². The first kappa shape index (κ1) is 22.3. The standard InChI is InChI=1S/C20H15ClF6O3/c21-16-14(11-2-4-12(5-3-11)20(25,26)27)8-13(18(17(28)29)6-1-7-18)9-15(16)30-10-19(22,23)24/h2-5,8-9H,1,6-7,10H2,(H,28,29). The van der Waals surface area contributed by atoms with Gasteiger partial charge in [-0.15, -0.1) is 0 Å². The minimum atomic E-state index is -4.66. The SMILES string of the molecule is O=C(O)C1(c2cc(OCC(F)(F)F)c(Cl)c(-c3ccc(C(F)(F)F)cc3)c2)CCC1. The van der Waals surface area contributed by atoms with Crippen LogP contribution in [-0.2, 0) is 16.4 Å². The number of halogens is 7. The van der Waals surface area contributed by atoms with Crippen LogP contribution in [0.5, 0.6) is 5.75 Å². The van der Waals surface area contributed by atoms with E-state index in [0.717, 1.165) is 30.3 Å². The number of carboxylic acid groups (broad SMARTS) is 1. The third-order valence-electron chi connectivity index (χ3n) is 5.12. The summed E-state index contributed by atoms with van der Waals surface area (Å²) in [5, 5.41) is 9.42. The zero-order valence-corrected chi connectivity index (χ0v) is 16.0. The monoisotopic (exact) mass is 452 g/mol. The smallest absolute Gasteiger partial charge is 0.422 e. The van der Waals surface area contributed by atoms with Gasteiger partial charge >= 0.3 is 18.3 Å². The summed E-state index contributed by atoms with van der Waals surface area (Å²) in [6.07, 6.45) is -8.06. The molecule has 2 aromatic carbocycles. The molecule has 0 amide bonds. The Bertz CT molecular complexity index is 947. The lowest BCUT2D eigenvalue weighted by Gasteiger charge is -2.38. The maximum atomic E-state index is 12.8. The number of hydrogen-bond donors (Lipinski definition) is 1. The van der Waals surface area contributed by atoms with Crippen molar-refractivity contribution in [2.24, 2.45) is 0 Å². The van der Waals surface area contributed by atoms with Crippen molar-refractivity contribution in [1.29, 1.82) is 0 Å². The first-order chi connectivity index (χ1) is 13.8. The van der Waals surface area contributed by atoms with Crippen LogP contribution in [0.2, 0.25) is 5.02 Å². The number of ether oxygens (including phenoxy) is 1. The van der Waals surface area contributed by atoms with E-state index >= 15 is 0 Å². The molecule has 1 N–H and O–H groups in total. The number of benzene rings is 2. The Balaban J connectivity index is 2.11. The van der Waals surface area contributed by atoms with Crippen molar-refractivity contribution in [3.8, 4) is 16.9 Å². The molecule has 0 aliphatic heterocycles. The largest absolute Gasteiger partial charge is 0.483 e. The Kier molecular flexibility index (Phi) is 5.70. The molecule has 0 atom stereocenters. The summed E-state index contributed by atoms with van der Waals surface area (Å²) >= 11 is 6.20. The molecule has 1 saturated carbocycles.